The van der Waals surface area contributed by atoms with Crippen LogP contribution in [0.25, 0.3) is 10.4 Å². The molecule has 0 N–H and O–H groups in total. The summed E-state index contributed by atoms with van der Waals surface area (Å²) < 4.78 is 22.4. The molecule has 7 nitrogen and oxygen atoms in total. The molecule has 126 valence electrons. The topological polar surface area (TPSA) is 85.7 Å². The Kier molecular flexibility index (Phi) is 7.85. The number of nitrogens with zero attached hydrogens (tertiary/aromatic N) is 3. The Morgan fingerprint density at radius 1 is 1.41 bits per heavy atom. The van der Waals surface area contributed by atoms with Crippen LogP contribution in [0.15, 0.2) is 17.3 Å². The average Bonchev–Trinajstić information content (AvgIpc) is 2.73. The van der Waals surface area contributed by atoms with Crippen LogP contribution in [0.4, 0.5) is 0 Å². The maximum atomic E-state index is 8.49. The Morgan fingerprint density at radius 3 is 2.68 bits per heavy atom. The Balaban J connectivity index is 2.66. The van der Waals surface area contributed by atoms with E-state index in [1.807, 2.05) is 20.8 Å². The summed E-state index contributed by atoms with van der Waals surface area (Å²) in [7, 11) is 1.55. The Labute approximate surface area is 132 Å². The molecule has 0 aromatic heterocycles. The third-order valence-electron chi connectivity index (χ3n) is 3.41. The first-order chi connectivity index (χ1) is 10.4. The molecule has 0 aromatic rings. The van der Waals surface area contributed by atoms with Gasteiger partial charge in [0, 0.05) is 18.4 Å². The van der Waals surface area contributed by atoms with E-state index in [4.69, 9.17) is 24.5 Å². The fourth-order valence-corrected chi connectivity index (χ4v) is 2.49. The molecule has 1 heterocycles. The van der Waals surface area contributed by atoms with E-state index in [1.165, 1.54) is 0 Å². The Bertz CT molecular complexity index is 408. The van der Waals surface area contributed by atoms with Gasteiger partial charge in [-0.1, -0.05) is 10.7 Å². The molecular weight excluding hydrogens is 286 g/mol. The van der Waals surface area contributed by atoms with E-state index in [0.717, 1.165) is 18.4 Å². The van der Waals surface area contributed by atoms with E-state index in [0.29, 0.717) is 6.42 Å². The van der Waals surface area contributed by atoms with Crippen molar-refractivity contribution in [3.8, 4) is 0 Å². The molecule has 0 amide bonds. The van der Waals surface area contributed by atoms with Crippen molar-refractivity contribution in [2.24, 2.45) is 5.11 Å². The van der Waals surface area contributed by atoms with Gasteiger partial charge in [0.15, 0.2) is 5.79 Å². The zero-order valence-corrected chi connectivity index (χ0v) is 13.9. The van der Waals surface area contributed by atoms with Gasteiger partial charge < -0.3 is 18.9 Å². The van der Waals surface area contributed by atoms with Crippen LogP contribution in [-0.4, -0.2) is 44.5 Å². The maximum Gasteiger partial charge on any atom is 0.163 e. The number of methoxy groups -OCH3 is 1. The van der Waals surface area contributed by atoms with Crippen LogP contribution < -0.4 is 0 Å². The molecule has 0 aliphatic carbocycles. The summed E-state index contributed by atoms with van der Waals surface area (Å²) in [5.41, 5.74) is 9.61. The fraction of sp³-hybridized carbons (Fsp3) is 0.867. The van der Waals surface area contributed by atoms with E-state index >= 15 is 0 Å². The standard InChI is InChI=1S/C15H27N3O4/c1-11(2)6-7-13-14(22-15(3,4)21-13)8-12(9-17-18-16)20-10-19-5/h12-14H,1,6-10H2,2-5H3/t12-,13+,14-/m0/s1. The molecule has 1 aliphatic rings. The van der Waals surface area contributed by atoms with Crippen molar-refractivity contribution in [3.05, 3.63) is 22.6 Å². The molecule has 1 rings (SSSR count). The first-order valence-corrected chi connectivity index (χ1v) is 7.49. The van der Waals surface area contributed by atoms with Crippen molar-refractivity contribution in [3.63, 3.8) is 0 Å². The third-order valence-corrected chi connectivity index (χ3v) is 3.41. The van der Waals surface area contributed by atoms with Gasteiger partial charge in [-0.3, -0.25) is 0 Å². The van der Waals surface area contributed by atoms with Gasteiger partial charge in [0.2, 0.25) is 0 Å². The minimum atomic E-state index is -0.616. The summed E-state index contributed by atoms with van der Waals surface area (Å²) in [5.74, 6) is -0.616. The molecule has 0 bridgehead atoms. The van der Waals surface area contributed by atoms with Crippen LogP contribution in [0, 0.1) is 0 Å². The summed E-state index contributed by atoms with van der Waals surface area (Å²) >= 11 is 0. The lowest BCUT2D eigenvalue weighted by atomic mass is 10.0. The summed E-state index contributed by atoms with van der Waals surface area (Å²) in [5, 5.41) is 3.59. The Hall–Kier alpha value is -1.11. The largest absolute Gasteiger partial charge is 0.359 e. The van der Waals surface area contributed by atoms with Gasteiger partial charge >= 0.3 is 0 Å². The number of azide groups is 1. The zero-order valence-electron chi connectivity index (χ0n) is 13.9. The van der Waals surface area contributed by atoms with Gasteiger partial charge in [0.05, 0.1) is 24.9 Å². The highest BCUT2D eigenvalue weighted by molar-refractivity contribution is 4.92. The van der Waals surface area contributed by atoms with Crippen LogP contribution in [0.1, 0.15) is 40.0 Å². The molecule has 0 saturated carbocycles. The first kappa shape index (κ1) is 18.9. The monoisotopic (exact) mass is 313 g/mol. The van der Waals surface area contributed by atoms with Crippen molar-refractivity contribution in [1.29, 1.82) is 0 Å². The summed E-state index contributed by atoms with van der Waals surface area (Å²) in [6, 6.07) is 0. The molecule has 22 heavy (non-hydrogen) atoms. The molecule has 7 heteroatoms. The van der Waals surface area contributed by atoms with Gasteiger partial charge in [0.25, 0.3) is 0 Å². The van der Waals surface area contributed by atoms with E-state index in [-0.39, 0.29) is 31.6 Å². The Morgan fingerprint density at radius 2 is 2.09 bits per heavy atom. The molecular formula is C15H27N3O4. The first-order valence-electron chi connectivity index (χ1n) is 7.49. The molecule has 0 aromatic carbocycles. The van der Waals surface area contributed by atoms with Gasteiger partial charge in [0.1, 0.15) is 6.79 Å². The van der Waals surface area contributed by atoms with Crippen molar-refractivity contribution in [1.82, 2.24) is 0 Å². The number of allylic oxidation sites excluding steroid dienone is 1. The molecule has 0 spiro atoms. The lowest BCUT2D eigenvalue weighted by Crippen LogP contribution is -2.31. The molecule has 3 atom stereocenters. The van der Waals surface area contributed by atoms with Crippen molar-refractivity contribution in [2.45, 2.75) is 64.1 Å². The van der Waals surface area contributed by atoms with Crippen LogP contribution in [0.2, 0.25) is 0 Å². The van der Waals surface area contributed by atoms with Crippen molar-refractivity contribution >= 4 is 0 Å². The van der Waals surface area contributed by atoms with Crippen molar-refractivity contribution in [2.75, 3.05) is 20.4 Å². The van der Waals surface area contributed by atoms with Gasteiger partial charge in [-0.05, 0) is 39.1 Å². The third kappa shape index (κ3) is 6.77. The predicted molar refractivity (Wildman–Crippen MR) is 83.3 cm³/mol. The highest BCUT2D eigenvalue weighted by Gasteiger charge is 2.41. The van der Waals surface area contributed by atoms with Crippen LogP contribution >= 0.6 is 0 Å². The number of hydrogen-bond acceptors (Lipinski definition) is 5. The van der Waals surface area contributed by atoms with Gasteiger partial charge in [-0.15, -0.1) is 6.58 Å². The van der Waals surface area contributed by atoms with E-state index in [9.17, 15) is 0 Å². The maximum absolute atomic E-state index is 8.49. The molecule has 0 unspecified atom stereocenters. The highest BCUT2D eigenvalue weighted by Crippen LogP contribution is 2.33. The minimum absolute atomic E-state index is 0.0218. The minimum Gasteiger partial charge on any atom is -0.359 e. The second-order valence-corrected chi connectivity index (χ2v) is 6.05. The summed E-state index contributed by atoms with van der Waals surface area (Å²) in [6.07, 6.45) is 1.94. The number of hydrogen-bond donors (Lipinski definition) is 0. The molecule has 1 saturated heterocycles. The molecule has 0 radical (unpaired) electrons. The summed E-state index contributed by atoms with van der Waals surface area (Å²) in [4.78, 5) is 2.79. The number of ether oxygens (including phenoxy) is 4. The number of rotatable bonds is 10. The average molecular weight is 313 g/mol. The lowest BCUT2D eigenvalue weighted by Gasteiger charge is -2.22. The second-order valence-electron chi connectivity index (χ2n) is 6.05. The van der Waals surface area contributed by atoms with E-state index in [2.05, 4.69) is 16.6 Å². The normalized spacial score (nSPS) is 24.7. The van der Waals surface area contributed by atoms with E-state index in [1.54, 1.807) is 7.11 Å². The quantitative estimate of drug-likeness (QED) is 0.203. The van der Waals surface area contributed by atoms with Crippen molar-refractivity contribution < 1.29 is 18.9 Å². The van der Waals surface area contributed by atoms with Crippen LogP contribution in [-0.2, 0) is 18.9 Å². The predicted octanol–water partition coefficient (Wildman–Crippen LogP) is 3.55. The summed E-state index contributed by atoms with van der Waals surface area (Å²) in [6.45, 7) is 10.1. The fourth-order valence-electron chi connectivity index (χ4n) is 2.49. The molecule has 1 aliphatic heterocycles. The van der Waals surface area contributed by atoms with Crippen LogP contribution in [0.3, 0.4) is 0 Å². The van der Waals surface area contributed by atoms with Gasteiger partial charge in [-0.2, -0.15) is 0 Å². The SMILES string of the molecule is C=C(C)CC[C@H]1OC(C)(C)O[C@H]1C[C@@H](CN=[N+]=[N-])OCOC. The van der Waals surface area contributed by atoms with Gasteiger partial charge in [-0.25, -0.2) is 0 Å². The van der Waals surface area contributed by atoms with E-state index < -0.39 is 5.79 Å². The lowest BCUT2D eigenvalue weighted by molar-refractivity contribution is -0.151. The van der Waals surface area contributed by atoms with Crippen LogP contribution in [0.5, 0.6) is 0 Å². The highest BCUT2D eigenvalue weighted by atomic mass is 16.8. The molecule has 1 fully saturated rings. The second kappa shape index (κ2) is 9.12. The zero-order chi connectivity index (χ0) is 16.6. The smallest absolute Gasteiger partial charge is 0.163 e.